The second-order valence-corrected chi connectivity index (χ2v) is 10.5. The van der Waals surface area contributed by atoms with Crippen LogP contribution >= 0.6 is 23.2 Å². The van der Waals surface area contributed by atoms with Gasteiger partial charge in [0.25, 0.3) is 16.0 Å². The van der Waals surface area contributed by atoms with Crippen LogP contribution in [-0.2, 0) is 16.5 Å². The third kappa shape index (κ3) is 6.77. The fourth-order valence-electron chi connectivity index (χ4n) is 3.90. The molecule has 0 aliphatic rings. The van der Waals surface area contributed by atoms with E-state index < -0.39 is 26.7 Å². The molecule has 202 valence electrons. The minimum absolute atomic E-state index is 0. The molecule has 0 spiro atoms. The number of aryl methyl sites for hydroxylation is 1. The summed E-state index contributed by atoms with van der Waals surface area (Å²) >= 11 is 12.5. The Morgan fingerprint density at radius 2 is 1.75 bits per heavy atom. The van der Waals surface area contributed by atoms with Gasteiger partial charge in [0.2, 0.25) is 0 Å². The quantitative estimate of drug-likeness (QED) is 0.175. The number of hydrogen-bond donors (Lipinski definition) is 2. The first-order chi connectivity index (χ1) is 18.5. The number of azo groups is 1. The number of carbonyl (C=O) groups is 1. The third-order valence-corrected chi connectivity index (χ3v) is 7.33. The zero-order valence-electron chi connectivity index (χ0n) is 21.7. The summed E-state index contributed by atoms with van der Waals surface area (Å²) in [7, 11) is -4.69. The summed E-state index contributed by atoms with van der Waals surface area (Å²) < 4.78 is 39.3. The van der Waals surface area contributed by atoms with E-state index in [-0.39, 0.29) is 62.2 Å². The van der Waals surface area contributed by atoms with Crippen LogP contribution < -0.4 is 44.7 Å². The van der Waals surface area contributed by atoms with E-state index in [9.17, 15) is 22.9 Å². The van der Waals surface area contributed by atoms with Crippen molar-refractivity contribution in [2.75, 3.05) is 11.9 Å². The Labute approximate surface area is 263 Å². The first kappa shape index (κ1) is 31.8. The second kappa shape index (κ2) is 13.3. The van der Waals surface area contributed by atoms with Crippen LogP contribution in [0.1, 0.15) is 29.8 Å². The van der Waals surface area contributed by atoms with E-state index in [2.05, 4.69) is 15.5 Å². The van der Waals surface area contributed by atoms with E-state index in [0.29, 0.717) is 35.1 Å². The number of hydrogen-bond acceptors (Lipinski definition) is 7. The SMILES string of the molecule is CCOc1cccc(Cl)c1NC(=O)c1cc2ccccc2c(N=Nc2cc(Cl)c(CC)cc2S(=O)(=O)O)c1[O-].[Na+]. The van der Waals surface area contributed by atoms with Crippen LogP contribution in [0.5, 0.6) is 11.5 Å². The van der Waals surface area contributed by atoms with Gasteiger partial charge in [-0.2, -0.15) is 13.5 Å². The Balaban J connectivity index is 0.00000441. The Morgan fingerprint density at radius 3 is 2.42 bits per heavy atom. The van der Waals surface area contributed by atoms with Crippen molar-refractivity contribution in [2.45, 2.75) is 25.2 Å². The predicted molar refractivity (Wildman–Crippen MR) is 149 cm³/mol. The number of benzene rings is 4. The molecule has 4 aromatic rings. The predicted octanol–water partition coefficient (Wildman–Crippen LogP) is 4.10. The Hall–Kier alpha value is -2.70. The number of carbonyl (C=O) groups excluding carboxylic acids is 1. The van der Waals surface area contributed by atoms with Gasteiger partial charge in [-0.25, -0.2) is 0 Å². The molecule has 0 fully saturated rings. The van der Waals surface area contributed by atoms with Gasteiger partial charge >= 0.3 is 29.6 Å². The molecule has 2 N–H and O–H groups in total. The van der Waals surface area contributed by atoms with Gasteiger partial charge in [0.1, 0.15) is 22.0 Å². The van der Waals surface area contributed by atoms with E-state index in [4.69, 9.17) is 27.9 Å². The molecule has 9 nitrogen and oxygen atoms in total. The Bertz CT molecular complexity index is 1730. The number of nitrogens with zero attached hydrogens (tertiary/aromatic N) is 2. The van der Waals surface area contributed by atoms with Gasteiger partial charge in [0.05, 0.1) is 17.3 Å². The molecular weight excluding hydrogens is 588 g/mol. The molecule has 0 bridgehead atoms. The third-order valence-electron chi connectivity index (χ3n) is 5.78. The van der Waals surface area contributed by atoms with Crippen LogP contribution in [0.4, 0.5) is 17.1 Å². The van der Waals surface area contributed by atoms with Crippen molar-refractivity contribution in [3.8, 4) is 11.5 Å². The monoisotopic (exact) mass is 609 g/mol. The first-order valence-corrected chi connectivity index (χ1v) is 13.9. The molecule has 0 aromatic heterocycles. The van der Waals surface area contributed by atoms with Crippen LogP contribution in [0, 0.1) is 0 Å². The van der Waals surface area contributed by atoms with Crippen molar-refractivity contribution in [2.24, 2.45) is 10.2 Å². The fourth-order valence-corrected chi connectivity index (χ4v) is 5.06. The minimum Gasteiger partial charge on any atom is -0.870 e. The zero-order valence-corrected chi connectivity index (χ0v) is 26.1. The van der Waals surface area contributed by atoms with E-state index in [1.807, 2.05) is 0 Å². The maximum Gasteiger partial charge on any atom is 1.00 e. The van der Waals surface area contributed by atoms with E-state index in [1.165, 1.54) is 18.2 Å². The largest absolute Gasteiger partial charge is 1.00 e. The van der Waals surface area contributed by atoms with Gasteiger partial charge in [-0.15, -0.1) is 5.11 Å². The molecule has 4 aromatic carbocycles. The van der Waals surface area contributed by atoms with Crippen molar-refractivity contribution in [3.05, 3.63) is 81.8 Å². The molecule has 4 rings (SSSR count). The minimum atomic E-state index is -4.69. The standard InChI is InChI=1S/C27H23Cl2N3O6S.Na/c1-3-15-13-23(39(35,36)37)21(14-20(15)29)31-32-24-17-9-6-5-8-16(17)12-18(26(24)33)27(34)30-25-19(28)10-7-11-22(25)38-4-2;/h5-14,33H,3-4H2,1-2H3,(H,30,34)(H,35,36,37);/q;+1/p-1. The summed E-state index contributed by atoms with van der Waals surface area (Å²) in [6.45, 7) is 3.87. The number of amides is 1. The molecular formula is C27H22Cl2N3NaO6S. The second-order valence-electron chi connectivity index (χ2n) is 8.26. The summed E-state index contributed by atoms with van der Waals surface area (Å²) in [6, 6.07) is 15.4. The maximum atomic E-state index is 13.5. The number of nitrogens with one attached hydrogen (secondary N) is 1. The molecule has 40 heavy (non-hydrogen) atoms. The maximum absolute atomic E-state index is 13.5. The van der Waals surface area contributed by atoms with Crippen LogP contribution in [0.2, 0.25) is 10.0 Å². The number of ether oxygens (including phenoxy) is 1. The zero-order chi connectivity index (χ0) is 28.3. The average molecular weight is 610 g/mol. The van der Waals surface area contributed by atoms with Crippen LogP contribution in [0.15, 0.2) is 75.8 Å². The molecule has 13 heteroatoms. The summed E-state index contributed by atoms with van der Waals surface area (Å²) in [5.41, 5.74) is -0.0534. The van der Waals surface area contributed by atoms with Crippen molar-refractivity contribution in [1.82, 2.24) is 0 Å². The van der Waals surface area contributed by atoms with Gasteiger partial charge in [-0.1, -0.05) is 66.2 Å². The summed E-state index contributed by atoms with van der Waals surface area (Å²) in [5, 5.41) is 25.5. The molecule has 0 saturated carbocycles. The molecule has 1 amide bonds. The number of anilines is 1. The van der Waals surface area contributed by atoms with Gasteiger partial charge in [-0.3, -0.25) is 9.35 Å². The molecule has 0 aliphatic carbocycles. The number of fused-ring (bicyclic) bond motifs is 1. The first-order valence-electron chi connectivity index (χ1n) is 11.7. The van der Waals surface area contributed by atoms with Crippen LogP contribution in [-0.4, -0.2) is 25.5 Å². The van der Waals surface area contributed by atoms with Crippen LogP contribution in [0.3, 0.4) is 0 Å². The number of halogens is 2. The van der Waals surface area contributed by atoms with Crippen molar-refractivity contribution < 1.29 is 57.2 Å². The van der Waals surface area contributed by atoms with E-state index in [1.54, 1.807) is 56.3 Å². The number of rotatable bonds is 8. The smallest absolute Gasteiger partial charge is 0.870 e. The average Bonchev–Trinajstić information content (AvgIpc) is 2.89. The van der Waals surface area contributed by atoms with E-state index in [0.717, 1.165) is 0 Å². The summed E-state index contributed by atoms with van der Waals surface area (Å²) in [5.74, 6) is -1.19. The van der Waals surface area contributed by atoms with Gasteiger partial charge in [0.15, 0.2) is 0 Å². The molecule has 0 heterocycles. The molecule has 0 unspecified atom stereocenters. The fraction of sp³-hybridized carbons (Fsp3) is 0.148. The molecule has 0 saturated heterocycles. The van der Waals surface area contributed by atoms with Crippen molar-refractivity contribution in [1.29, 1.82) is 0 Å². The molecule has 0 atom stereocenters. The van der Waals surface area contributed by atoms with Gasteiger partial charge in [0, 0.05) is 16.0 Å². The normalized spacial score (nSPS) is 11.4. The van der Waals surface area contributed by atoms with Crippen LogP contribution in [0.25, 0.3) is 10.8 Å². The molecule has 0 aliphatic heterocycles. The van der Waals surface area contributed by atoms with Crippen molar-refractivity contribution >= 4 is 67.1 Å². The molecule has 0 radical (unpaired) electrons. The number of para-hydroxylation sites is 1. The van der Waals surface area contributed by atoms with E-state index >= 15 is 0 Å². The summed E-state index contributed by atoms with van der Waals surface area (Å²) in [4.78, 5) is 12.8. The Morgan fingerprint density at radius 1 is 1.02 bits per heavy atom. The van der Waals surface area contributed by atoms with Crippen molar-refractivity contribution in [3.63, 3.8) is 0 Å². The Kier molecular flexibility index (Phi) is 10.6. The van der Waals surface area contributed by atoms with Gasteiger partial charge in [-0.05, 0) is 54.6 Å². The van der Waals surface area contributed by atoms with Gasteiger partial charge < -0.3 is 15.2 Å². The summed E-state index contributed by atoms with van der Waals surface area (Å²) in [6.07, 6.45) is 0.404. The topological polar surface area (TPSA) is 140 Å².